The standard InChI is InChI=1S/C14H22N2O2/c1-2-6-14(7-9-15-11-14)13(17)16-8-5-12-4-3-10-18-12/h3-4,10,15H,2,5-9,11H2,1H3,(H,16,17). The summed E-state index contributed by atoms with van der Waals surface area (Å²) in [6.45, 7) is 4.55. The van der Waals surface area contributed by atoms with Crippen molar-refractivity contribution in [1.29, 1.82) is 0 Å². The third-order valence-corrected chi connectivity index (χ3v) is 3.69. The Balaban J connectivity index is 1.82. The van der Waals surface area contributed by atoms with Gasteiger partial charge in [0.05, 0.1) is 11.7 Å². The molecule has 0 radical (unpaired) electrons. The monoisotopic (exact) mass is 250 g/mol. The van der Waals surface area contributed by atoms with Gasteiger partial charge in [-0.3, -0.25) is 4.79 Å². The van der Waals surface area contributed by atoms with Crippen molar-refractivity contribution >= 4 is 5.91 Å². The SMILES string of the molecule is CCCC1(C(=O)NCCc2ccco2)CCNC1. The smallest absolute Gasteiger partial charge is 0.227 e. The van der Waals surface area contributed by atoms with Crippen molar-refractivity contribution in [3.63, 3.8) is 0 Å². The van der Waals surface area contributed by atoms with E-state index in [1.807, 2.05) is 12.1 Å². The van der Waals surface area contributed by atoms with Crippen molar-refractivity contribution in [3.8, 4) is 0 Å². The van der Waals surface area contributed by atoms with Gasteiger partial charge in [0.2, 0.25) is 5.91 Å². The van der Waals surface area contributed by atoms with Crippen molar-refractivity contribution < 1.29 is 9.21 Å². The molecule has 2 rings (SSSR count). The Kier molecular flexibility index (Phi) is 4.42. The van der Waals surface area contributed by atoms with Gasteiger partial charge in [0.15, 0.2) is 0 Å². The van der Waals surface area contributed by atoms with Gasteiger partial charge in [-0.05, 0) is 31.5 Å². The Morgan fingerprint density at radius 3 is 3.11 bits per heavy atom. The molecule has 1 amide bonds. The predicted molar refractivity (Wildman–Crippen MR) is 70.2 cm³/mol. The Hall–Kier alpha value is -1.29. The summed E-state index contributed by atoms with van der Waals surface area (Å²) in [5.41, 5.74) is -0.183. The van der Waals surface area contributed by atoms with Crippen LogP contribution in [0.25, 0.3) is 0 Å². The molecule has 2 N–H and O–H groups in total. The van der Waals surface area contributed by atoms with Crippen molar-refractivity contribution in [2.75, 3.05) is 19.6 Å². The summed E-state index contributed by atoms with van der Waals surface area (Å²) in [6, 6.07) is 3.81. The van der Waals surface area contributed by atoms with Crippen molar-refractivity contribution in [3.05, 3.63) is 24.2 Å². The third-order valence-electron chi connectivity index (χ3n) is 3.69. The minimum Gasteiger partial charge on any atom is -0.469 e. The lowest BCUT2D eigenvalue weighted by molar-refractivity contribution is -0.130. The van der Waals surface area contributed by atoms with Crippen LogP contribution in [0.2, 0.25) is 0 Å². The minimum atomic E-state index is -0.183. The van der Waals surface area contributed by atoms with Crippen LogP contribution in [0.1, 0.15) is 31.9 Å². The molecule has 1 aliphatic heterocycles. The molecular formula is C14H22N2O2. The van der Waals surface area contributed by atoms with Gasteiger partial charge in [0, 0.05) is 19.5 Å². The first-order valence-corrected chi connectivity index (χ1v) is 6.78. The topological polar surface area (TPSA) is 54.3 Å². The van der Waals surface area contributed by atoms with Crippen LogP contribution in [-0.4, -0.2) is 25.5 Å². The van der Waals surface area contributed by atoms with Crippen molar-refractivity contribution in [2.45, 2.75) is 32.6 Å². The number of hydrogen-bond donors (Lipinski definition) is 2. The number of carbonyl (C=O) groups excluding carboxylic acids is 1. The van der Waals surface area contributed by atoms with Gasteiger partial charge in [-0.2, -0.15) is 0 Å². The van der Waals surface area contributed by atoms with Gasteiger partial charge in [0.25, 0.3) is 0 Å². The molecule has 1 aromatic heterocycles. The average Bonchev–Trinajstić information content (AvgIpc) is 3.01. The second kappa shape index (κ2) is 6.05. The average molecular weight is 250 g/mol. The van der Waals surface area contributed by atoms with E-state index in [0.29, 0.717) is 6.54 Å². The van der Waals surface area contributed by atoms with E-state index < -0.39 is 0 Å². The van der Waals surface area contributed by atoms with Gasteiger partial charge in [0.1, 0.15) is 5.76 Å². The van der Waals surface area contributed by atoms with E-state index in [4.69, 9.17) is 4.42 Å². The summed E-state index contributed by atoms with van der Waals surface area (Å²) in [4.78, 5) is 12.3. The summed E-state index contributed by atoms with van der Waals surface area (Å²) < 4.78 is 5.25. The van der Waals surface area contributed by atoms with Crippen molar-refractivity contribution in [2.24, 2.45) is 5.41 Å². The maximum atomic E-state index is 12.3. The fourth-order valence-corrected chi connectivity index (χ4v) is 2.68. The molecular weight excluding hydrogens is 228 g/mol. The molecule has 1 aromatic rings. The normalized spacial score (nSPS) is 23.2. The largest absolute Gasteiger partial charge is 0.469 e. The molecule has 18 heavy (non-hydrogen) atoms. The van der Waals surface area contributed by atoms with Crippen LogP contribution in [0, 0.1) is 5.41 Å². The highest BCUT2D eigenvalue weighted by Crippen LogP contribution is 2.31. The van der Waals surface area contributed by atoms with Crippen LogP contribution in [0.3, 0.4) is 0 Å². The fourth-order valence-electron chi connectivity index (χ4n) is 2.68. The summed E-state index contributed by atoms with van der Waals surface area (Å²) in [5, 5.41) is 6.35. The molecule has 100 valence electrons. The summed E-state index contributed by atoms with van der Waals surface area (Å²) >= 11 is 0. The second-order valence-corrected chi connectivity index (χ2v) is 5.04. The lowest BCUT2D eigenvalue weighted by atomic mass is 9.81. The van der Waals surface area contributed by atoms with Crippen LogP contribution in [0.15, 0.2) is 22.8 Å². The molecule has 4 heteroatoms. The van der Waals surface area contributed by atoms with Crippen LogP contribution in [0.4, 0.5) is 0 Å². The number of rotatable bonds is 6. The lowest BCUT2D eigenvalue weighted by Gasteiger charge is -2.26. The molecule has 0 bridgehead atoms. The zero-order valence-electron chi connectivity index (χ0n) is 11.0. The van der Waals surface area contributed by atoms with E-state index in [9.17, 15) is 4.79 Å². The van der Waals surface area contributed by atoms with Crippen LogP contribution < -0.4 is 10.6 Å². The first kappa shape index (κ1) is 13.1. The number of amides is 1. The van der Waals surface area contributed by atoms with E-state index in [2.05, 4.69) is 17.6 Å². The van der Waals surface area contributed by atoms with E-state index in [1.165, 1.54) is 0 Å². The summed E-state index contributed by atoms with van der Waals surface area (Å²) in [7, 11) is 0. The van der Waals surface area contributed by atoms with Gasteiger partial charge in [-0.1, -0.05) is 13.3 Å². The Bertz CT molecular complexity index is 367. The molecule has 1 saturated heterocycles. The Labute approximate surface area is 108 Å². The molecule has 0 saturated carbocycles. The number of hydrogen-bond acceptors (Lipinski definition) is 3. The molecule has 1 unspecified atom stereocenters. The first-order valence-electron chi connectivity index (χ1n) is 6.78. The zero-order valence-corrected chi connectivity index (χ0v) is 11.0. The predicted octanol–water partition coefficient (Wildman–Crippen LogP) is 1.72. The highest BCUT2D eigenvalue weighted by atomic mass is 16.3. The first-order chi connectivity index (χ1) is 8.77. The molecule has 0 spiro atoms. The Morgan fingerprint density at radius 1 is 1.61 bits per heavy atom. The molecule has 1 fully saturated rings. The quantitative estimate of drug-likeness (QED) is 0.808. The molecule has 2 heterocycles. The summed E-state index contributed by atoms with van der Waals surface area (Å²) in [5.74, 6) is 1.12. The van der Waals surface area contributed by atoms with E-state index >= 15 is 0 Å². The lowest BCUT2D eigenvalue weighted by Crippen LogP contribution is -2.43. The molecule has 0 aliphatic carbocycles. The third kappa shape index (κ3) is 2.93. The molecule has 0 aromatic carbocycles. The van der Waals surface area contributed by atoms with E-state index in [-0.39, 0.29) is 11.3 Å². The highest BCUT2D eigenvalue weighted by Gasteiger charge is 2.39. The molecule has 1 atom stereocenters. The van der Waals surface area contributed by atoms with Gasteiger partial charge >= 0.3 is 0 Å². The number of carbonyl (C=O) groups is 1. The minimum absolute atomic E-state index is 0.183. The van der Waals surface area contributed by atoms with Gasteiger partial charge < -0.3 is 15.1 Å². The molecule has 1 aliphatic rings. The van der Waals surface area contributed by atoms with Crippen LogP contribution >= 0.6 is 0 Å². The van der Waals surface area contributed by atoms with Crippen LogP contribution in [0.5, 0.6) is 0 Å². The number of nitrogens with one attached hydrogen (secondary N) is 2. The molecule has 4 nitrogen and oxygen atoms in total. The zero-order chi connectivity index (χ0) is 12.8. The van der Waals surface area contributed by atoms with Gasteiger partial charge in [-0.25, -0.2) is 0 Å². The maximum Gasteiger partial charge on any atom is 0.227 e. The van der Waals surface area contributed by atoms with Crippen LogP contribution in [-0.2, 0) is 11.2 Å². The van der Waals surface area contributed by atoms with E-state index in [1.54, 1.807) is 6.26 Å². The Morgan fingerprint density at radius 2 is 2.50 bits per heavy atom. The second-order valence-electron chi connectivity index (χ2n) is 5.04. The fraction of sp³-hybridized carbons (Fsp3) is 0.643. The maximum absolute atomic E-state index is 12.3. The highest BCUT2D eigenvalue weighted by molar-refractivity contribution is 5.83. The number of furan rings is 1. The van der Waals surface area contributed by atoms with E-state index in [0.717, 1.165) is 44.5 Å². The van der Waals surface area contributed by atoms with Crippen molar-refractivity contribution in [1.82, 2.24) is 10.6 Å². The summed E-state index contributed by atoms with van der Waals surface area (Å²) in [6.07, 6.45) is 5.39. The van der Waals surface area contributed by atoms with Gasteiger partial charge in [-0.15, -0.1) is 0 Å².